The summed E-state index contributed by atoms with van der Waals surface area (Å²) < 4.78 is 45.6. The lowest BCUT2D eigenvalue weighted by Crippen LogP contribution is -2.08. The Balaban J connectivity index is 1.52. The van der Waals surface area contributed by atoms with Gasteiger partial charge in [-0.3, -0.25) is 0 Å². The van der Waals surface area contributed by atoms with E-state index in [1.54, 1.807) is 12.1 Å². The van der Waals surface area contributed by atoms with Gasteiger partial charge in [0.05, 0.1) is 21.3 Å². The quantitative estimate of drug-likeness (QED) is 0.216. The molecule has 37 heavy (non-hydrogen) atoms. The van der Waals surface area contributed by atoms with Gasteiger partial charge in [-0.2, -0.15) is 18.3 Å². The Morgan fingerprint density at radius 1 is 0.784 bits per heavy atom. The molecule has 0 N–H and O–H groups in total. The van der Waals surface area contributed by atoms with Crippen molar-refractivity contribution in [2.75, 3.05) is 0 Å². The fraction of sp³-hybridized carbons (Fsp3) is 0.103. The minimum atomic E-state index is -4.54. The molecule has 0 fully saturated rings. The predicted octanol–water partition coefficient (Wildman–Crippen LogP) is 8.79. The van der Waals surface area contributed by atoms with Crippen molar-refractivity contribution in [3.05, 3.63) is 123 Å². The van der Waals surface area contributed by atoms with Crippen LogP contribution in [0.3, 0.4) is 0 Å². The Hall–Kier alpha value is -3.61. The number of fused-ring (bicyclic) bond motifs is 1. The molecule has 0 unspecified atom stereocenters. The first kappa shape index (κ1) is 25.1. The average molecular weight is 539 g/mol. The number of halogens is 5. The van der Waals surface area contributed by atoms with Gasteiger partial charge in [0.1, 0.15) is 17.9 Å². The monoisotopic (exact) mass is 538 g/mol. The van der Waals surface area contributed by atoms with Crippen molar-refractivity contribution in [1.29, 1.82) is 0 Å². The van der Waals surface area contributed by atoms with Crippen molar-refractivity contribution >= 4 is 34.1 Å². The Morgan fingerprint density at radius 2 is 1.54 bits per heavy atom. The third kappa shape index (κ3) is 5.41. The zero-order chi connectivity index (χ0) is 26.0. The lowest BCUT2D eigenvalue weighted by atomic mass is 9.96. The van der Waals surface area contributed by atoms with Gasteiger partial charge >= 0.3 is 6.18 Å². The first-order chi connectivity index (χ1) is 17.8. The molecule has 1 heterocycles. The Morgan fingerprint density at radius 3 is 2.32 bits per heavy atom. The van der Waals surface area contributed by atoms with Gasteiger partial charge in [0, 0.05) is 22.9 Å². The predicted molar refractivity (Wildman–Crippen MR) is 140 cm³/mol. The number of ether oxygens (including phenoxy) is 1. The molecule has 0 amide bonds. The summed E-state index contributed by atoms with van der Waals surface area (Å²) in [6.45, 7) is -0.121. The highest BCUT2D eigenvalue weighted by atomic mass is 35.5. The number of benzene rings is 4. The van der Waals surface area contributed by atoms with Crippen molar-refractivity contribution < 1.29 is 17.9 Å². The molecule has 0 aliphatic carbocycles. The van der Waals surface area contributed by atoms with Gasteiger partial charge < -0.3 is 4.74 Å². The Kier molecular flexibility index (Phi) is 7.04. The van der Waals surface area contributed by atoms with Crippen LogP contribution in [0.1, 0.15) is 22.4 Å². The van der Waals surface area contributed by atoms with E-state index >= 15 is 0 Å². The van der Waals surface area contributed by atoms with E-state index in [1.165, 1.54) is 12.1 Å². The van der Waals surface area contributed by atoms with Crippen LogP contribution in [0, 0.1) is 0 Å². The zero-order valence-electron chi connectivity index (χ0n) is 19.3. The van der Waals surface area contributed by atoms with Crippen LogP contribution in [0.2, 0.25) is 10.0 Å². The van der Waals surface area contributed by atoms with Crippen molar-refractivity contribution in [3.8, 4) is 16.9 Å². The van der Waals surface area contributed by atoms with E-state index in [0.29, 0.717) is 22.7 Å². The fourth-order valence-electron chi connectivity index (χ4n) is 4.18. The van der Waals surface area contributed by atoms with E-state index in [2.05, 4.69) is 10.2 Å². The van der Waals surface area contributed by atoms with Crippen LogP contribution in [0.4, 0.5) is 13.2 Å². The molecule has 0 aliphatic rings. The van der Waals surface area contributed by atoms with E-state index in [9.17, 15) is 13.2 Å². The summed E-state index contributed by atoms with van der Waals surface area (Å²) in [6, 6.07) is 26.6. The molecule has 5 aromatic rings. The molecule has 0 atom stereocenters. The van der Waals surface area contributed by atoms with Gasteiger partial charge in [-0.25, -0.2) is 0 Å². The molecule has 1 aromatic heterocycles. The molecule has 0 spiro atoms. The van der Waals surface area contributed by atoms with Gasteiger partial charge in [-0.1, -0.05) is 89.9 Å². The topological polar surface area (TPSA) is 35.0 Å². The molecular weight excluding hydrogens is 520 g/mol. The molecule has 8 heteroatoms. The Bertz CT molecular complexity index is 1570. The molecule has 4 aromatic carbocycles. The van der Waals surface area contributed by atoms with Crippen LogP contribution in [0.25, 0.3) is 22.0 Å². The van der Waals surface area contributed by atoms with Gasteiger partial charge in [-0.15, -0.1) is 5.10 Å². The summed E-state index contributed by atoms with van der Waals surface area (Å²) in [5.41, 5.74) is 3.46. The van der Waals surface area contributed by atoms with Crippen LogP contribution < -0.4 is 4.74 Å². The van der Waals surface area contributed by atoms with Crippen LogP contribution in [-0.4, -0.2) is 10.2 Å². The molecule has 0 saturated heterocycles. The van der Waals surface area contributed by atoms with Crippen molar-refractivity contribution in [3.63, 3.8) is 0 Å². The van der Waals surface area contributed by atoms with Crippen LogP contribution in [0.5, 0.6) is 5.75 Å². The van der Waals surface area contributed by atoms with E-state index in [-0.39, 0.29) is 17.2 Å². The highest BCUT2D eigenvalue weighted by Crippen LogP contribution is 2.38. The summed E-state index contributed by atoms with van der Waals surface area (Å²) >= 11 is 12.5. The van der Waals surface area contributed by atoms with Gasteiger partial charge in [0.15, 0.2) is 0 Å². The maximum atomic E-state index is 13.2. The average Bonchev–Trinajstić information content (AvgIpc) is 2.88. The maximum Gasteiger partial charge on any atom is 0.417 e. The lowest BCUT2D eigenvalue weighted by molar-refractivity contribution is -0.137. The smallest absolute Gasteiger partial charge is 0.417 e. The number of rotatable bonds is 6. The maximum absolute atomic E-state index is 13.2. The fourth-order valence-corrected chi connectivity index (χ4v) is 4.68. The van der Waals surface area contributed by atoms with E-state index < -0.39 is 11.7 Å². The number of alkyl halides is 3. The second kappa shape index (κ2) is 10.4. The molecule has 0 aliphatic heterocycles. The molecular formula is C29H19Cl2F3N2O. The molecule has 5 rings (SSSR count). The first-order valence-corrected chi connectivity index (χ1v) is 12.1. The summed E-state index contributed by atoms with van der Waals surface area (Å²) in [5.74, 6) is 0.476. The molecule has 0 bridgehead atoms. The largest absolute Gasteiger partial charge is 0.489 e. The van der Waals surface area contributed by atoms with Crippen molar-refractivity contribution in [2.24, 2.45) is 0 Å². The SMILES string of the molecule is FC(F)(F)c1cccc(COc2cccc(-c3c(Cc4ccccc4)nnc4c(Cl)cccc34)c2)c1Cl. The van der Waals surface area contributed by atoms with Crippen LogP contribution >= 0.6 is 23.2 Å². The lowest BCUT2D eigenvalue weighted by Gasteiger charge is -2.15. The van der Waals surface area contributed by atoms with Crippen LogP contribution in [-0.2, 0) is 19.2 Å². The molecule has 186 valence electrons. The second-order valence-electron chi connectivity index (χ2n) is 8.41. The highest BCUT2D eigenvalue weighted by molar-refractivity contribution is 6.35. The minimum absolute atomic E-state index is 0.121. The van der Waals surface area contributed by atoms with Gasteiger partial charge in [0.25, 0.3) is 0 Å². The molecule has 3 nitrogen and oxygen atoms in total. The summed E-state index contributed by atoms with van der Waals surface area (Å²) in [4.78, 5) is 0. The summed E-state index contributed by atoms with van der Waals surface area (Å²) in [6.07, 6.45) is -3.99. The Labute approximate surface area is 221 Å². The van der Waals surface area contributed by atoms with Crippen molar-refractivity contribution in [1.82, 2.24) is 10.2 Å². The second-order valence-corrected chi connectivity index (χ2v) is 9.20. The van der Waals surface area contributed by atoms with E-state index in [0.717, 1.165) is 33.8 Å². The third-order valence-electron chi connectivity index (χ3n) is 5.93. The van der Waals surface area contributed by atoms with E-state index in [1.807, 2.05) is 60.7 Å². The first-order valence-electron chi connectivity index (χ1n) is 11.4. The zero-order valence-corrected chi connectivity index (χ0v) is 20.8. The minimum Gasteiger partial charge on any atom is -0.489 e. The summed E-state index contributed by atoms with van der Waals surface area (Å²) in [7, 11) is 0. The van der Waals surface area contributed by atoms with Crippen molar-refractivity contribution in [2.45, 2.75) is 19.2 Å². The van der Waals surface area contributed by atoms with E-state index in [4.69, 9.17) is 27.9 Å². The summed E-state index contributed by atoms with van der Waals surface area (Å²) in [5, 5.41) is 9.85. The highest BCUT2D eigenvalue weighted by Gasteiger charge is 2.33. The number of nitrogens with zero attached hydrogens (tertiary/aromatic N) is 2. The standard InChI is InChI=1S/C29H19Cl2F3N2O/c30-24-14-6-12-22-26(25(35-36-28(22)24)15-18-7-2-1-3-8-18)19-9-4-11-21(16-19)37-17-20-10-5-13-23(27(20)31)29(32,33)34/h1-14,16H,15,17H2. The molecule has 0 saturated carbocycles. The number of hydrogen-bond donors (Lipinski definition) is 0. The van der Waals surface area contributed by atoms with Crippen LogP contribution in [0.15, 0.2) is 91.0 Å². The number of hydrogen-bond acceptors (Lipinski definition) is 3. The molecule has 0 radical (unpaired) electrons. The van der Waals surface area contributed by atoms with Gasteiger partial charge in [0.2, 0.25) is 0 Å². The number of aromatic nitrogens is 2. The third-order valence-corrected chi connectivity index (χ3v) is 6.68. The normalized spacial score (nSPS) is 11.6. The van der Waals surface area contributed by atoms with Gasteiger partial charge in [-0.05, 0) is 35.4 Å².